The lowest BCUT2D eigenvalue weighted by Crippen LogP contribution is -1.84. The molecule has 0 saturated carbocycles. The Morgan fingerprint density at radius 2 is 2.33 bits per heavy atom. The van der Waals surface area contributed by atoms with Gasteiger partial charge in [0, 0.05) is 0 Å². The number of hydrogen-bond donors (Lipinski definition) is 1. The Kier molecular flexibility index (Phi) is 1.66. The molecule has 12 heavy (non-hydrogen) atoms. The molecule has 0 bridgehead atoms. The van der Waals surface area contributed by atoms with E-state index in [1.807, 2.05) is 6.07 Å². The van der Waals surface area contributed by atoms with E-state index in [1.54, 1.807) is 19.5 Å². The van der Waals surface area contributed by atoms with E-state index in [0.29, 0.717) is 5.02 Å². The molecule has 4 heteroatoms. The molecule has 0 aliphatic rings. The standard InChI is InChI=1S/C8H7ClN2O/c1-12-6-3-2-5(9)7-8(6)11-4-10-7/h2-4H,1H3,(H,10,11). The third-order valence-corrected chi connectivity index (χ3v) is 2.02. The van der Waals surface area contributed by atoms with Crippen LogP contribution in [0.5, 0.6) is 5.75 Å². The summed E-state index contributed by atoms with van der Waals surface area (Å²) in [5.41, 5.74) is 1.58. The number of fused-ring (bicyclic) bond motifs is 1. The Morgan fingerprint density at radius 1 is 1.50 bits per heavy atom. The number of methoxy groups -OCH3 is 1. The highest BCUT2D eigenvalue weighted by molar-refractivity contribution is 6.35. The Hall–Kier alpha value is -1.22. The normalized spacial score (nSPS) is 10.5. The van der Waals surface area contributed by atoms with E-state index in [4.69, 9.17) is 16.3 Å². The largest absolute Gasteiger partial charge is 0.494 e. The average molecular weight is 183 g/mol. The summed E-state index contributed by atoms with van der Waals surface area (Å²) in [4.78, 5) is 7.02. The van der Waals surface area contributed by atoms with Crippen molar-refractivity contribution in [2.24, 2.45) is 0 Å². The van der Waals surface area contributed by atoms with Crippen LogP contribution in [0.15, 0.2) is 18.5 Å². The first kappa shape index (κ1) is 7.43. The molecule has 0 amide bonds. The van der Waals surface area contributed by atoms with Crippen molar-refractivity contribution in [3.05, 3.63) is 23.5 Å². The van der Waals surface area contributed by atoms with Gasteiger partial charge in [0.1, 0.15) is 16.8 Å². The molecule has 0 unspecified atom stereocenters. The molecule has 2 rings (SSSR count). The minimum absolute atomic E-state index is 0.632. The first-order valence-electron chi connectivity index (χ1n) is 3.48. The number of aromatic nitrogens is 2. The van der Waals surface area contributed by atoms with Crippen LogP contribution in [0, 0.1) is 0 Å². The van der Waals surface area contributed by atoms with Gasteiger partial charge in [-0.25, -0.2) is 4.98 Å². The maximum Gasteiger partial charge on any atom is 0.144 e. The van der Waals surface area contributed by atoms with Crippen molar-refractivity contribution in [2.75, 3.05) is 7.11 Å². The number of nitrogens with one attached hydrogen (secondary N) is 1. The maximum absolute atomic E-state index is 5.89. The van der Waals surface area contributed by atoms with Crippen LogP contribution in [0.2, 0.25) is 5.02 Å². The number of ether oxygens (including phenoxy) is 1. The molecule has 1 heterocycles. The van der Waals surface area contributed by atoms with Crippen LogP contribution in [0.25, 0.3) is 11.0 Å². The van der Waals surface area contributed by atoms with Gasteiger partial charge in [-0.05, 0) is 12.1 Å². The van der Waals surface area contributed by atoms with E-state index < -0.39 is 0 Å². The lowest BCUT2D eigenvalue weighted by molar-refractivity contribution is 0.419. The van der Waals surface area contributed by atoms with E-state index in [-0.39, 0.29) is 0 Å². The van der Waals surface area contributed by atoms with Gasteiger partial charge in [0.05, 0.1) is 18.5 Å². The van der Waals surface area contributed by atoms with Crippen molar-refractivity contribution in [3.63, 3.8) is 0 Å². The highest BCUT2D eigenvalue weighted by Gasteiger charge is 2.05. The molecule has 0 spiro atoms. The number of rotatable bonds is 1. The third kappa shape index (κ3) is 0.940. The summed E-state index contributed by atoms with van der Waals surface area (Å²) in [6.45, 7) is 0. The Balaban J connectivity index is 2.82. The monoisotopic (exact) mass is 182 g/mol. The topological polar surface area (TPSA) is 37.9 Å². The molecule has 0 aliphatic carbocycles. The summed E-state index contributed by atoms with van der Waals surface area (Å²) in [6, 6.07) is 3.58. The molecular formula is C8H7ClN2O. The Labute approximate surface area is 74.3 Å². The molecule has 0 atom stereocenters. The average Bonchev–Trinajstić information content (AvgIpc) is 2.54. The summed E-state index contributed by atoms with van der Waals surface area (Å²) >= 11 is 5.89. The van der Waals surface area contributed by atoms with E-state index in [2.05, 4.69) is 9.97 Å². The van der Waals surface area contributed by atoms with Crippen LogP contribution in [0.4, 0.5) is 0 Å². The number of benzene rings is 1. The first-order valence-corrected chi connectivity index (χ1v) is 3.86. The van der Waals surface area contributed by atoms with Crippen LogP contribution < -0.4 is 4.74 Å². The lowest BCUT2D eigenvalue weighted by atomic mass is 10.3. The summed E-state index contributed by atoms with van der Waals surface area (Å²) in [5, 5.41) is 0.632. The molecule has 1 N–H and O–H groups in total. The maximum atomic E-state index is 5.89. The smallest absolute Gasteiger partial charge is 0.144 e. The van der Waals surface area contributed by atoms with E-state index in [0.717, 1.165) is 16.8 Å². The molecule has 0 saturated heterocycles. The number of H-pyrrole nitrogens is 1. The quantitative estimate of drug-likeness (QED) is 0.735. The second kappa shape index (κ2) is 2.68. The van der Waals surface area contributed by atoms with Crippen LogP contribution >= 0.6 is 11.6 Å². The zero-order chi connectivity index (χ0) is 8.55. The lowest BCUT2D eigenvalue weighted by Gasteiger charge is -2.00. The molecule has 1 aromatic carbocycles. The van der Waals surface area contributed by atoms with Crippen molar-refractivity contribution in [1.29, 1.82) is 0 Å². The van der Waals surface area contributed by atoms with Crippen LogP contribution in [0.1, 0.15) is 0 Å². The summed E-state index contributed by atoms with van der Waals surface area (Å²) < 4.78 is 5.11. The third-order valence-electron chi connectivity index (χ3n) is 1.71. The fourth-order valence-electron chi connectivity index (χ4n) is 1.14. The molecule has 0 radical (unpaired) electrons. The van der Waals surface area contributed by atoms with E-state index in [9.17, 15) is 0 Å². The van der Waals surface area contributed by atoms with Crippen LogP contribution in [0.3, 0.4) is 0 Å². The molecule has 3 nitrogen and oxygen atoms in total. The number of hydrogen-bond acceptors (Lipinski definition) is 2. The molecule has 0 aliphatic heterocycles. The highest BCUT2D eigenvalue weighted by atomic mass is 35.5. The zero-order valence-corrected chi connectivity index (χ0v) is 7.22. The molecule has 1 aromatic heterocycles. The van der Waals surface area contributed by atoms with Crippen molar-refractivity contribution in [3.8, 4) is 5.75 Å². The van der Waals surface area contributed by atoms with Gasteiger partial charge in [-0.3, -0.25) is 0 Å². The Bertz CT molecular complexity index is 410. The minimum atomic E-state index is 0.632. The van der Waals surface area contributed by atoms with Gasteiger partial charge in [-0.2, -0.15) is 0 Å². The fraction of sp³-hybridized carbons (Fsp3) is 0.125. The van der Waals surface area contributed by atoms with Gasteiger partial charge in [0.15, 0.2) is 0 Å². The second-order valence-corrected chi connectivity index (χ2v) is 2.78. The van der Waals surface area contributed by atoms with E-state index >= 15 is 0 Å². The summed E-state index contributed by atoms with van der Waals surface area (Å²) in [6.07, 6.45) is 1.60. The first-order chi connectivity index (χ1) is 5.83. The molecule has 0 fully saturated rings. The van der Waals surface area contributed by atoms with Crippen molar-refractivity contribution >= 4 is 22.6 Å². The van der Waals surface area contributed by atoms with Crippen molar-refractivity contribution in [1.82, 2.24) is 9.97 Å². The second-order valence-electron chi connectivity index (χ2n) is 2.38. The van der Waals surface area contributed by atoms with Gasteiger partial charge in [-0.1, -0.05) is 11.6 Å². The van der Waals surface area contributed by atoms with E-state index in [1.165, 1.54) is 0 Å². The molecule has 62 valence electrons. The number of nitrogens with zero attached hydrogens (tertiary/aromatic N) is 1. The number of imidazole rings is 1. The van der Waals surface area contributed by atoms with Crippen LogP contribution in [-0.4, -0.2) is 17.1 Å². The number of halogens is 1. The zero-order valence-electron chi connectivity index (χ0n) is 6.47. The molecule has 2 aromatic rings. The Morgan fingerprint density at radius 3 is 3.08 bits per heavy atom. The predicted molar refractivity (Wildman–Crippen MR) is 47.7 cm³/mol. The SMILES string of the molecule is COc1ccc(Cl)c2nc[nH]c12. The van der Waals surface area contributed by atoms with Gasteiger partial charge in [0.25, 0.3) is 0 Å². The summed E-state index contributed by atoms with van der Waals surface area (Å²) in [7, 11) is 1.61. The number of aromatic amines is 1. The van der Waals surface area contributed by atoms with Gasteiger partial charge in [0.2, 0.25) is 0 Å². The fourth-order valence-corrected chi connectivity index (χ4v) is 1.35. The summed E-state index contributed by atoms with van der Waals surface area (Å²) in [5.74, 6) is 0.756. The van der Waals surface area contributed by atoms with Crippen LogP contribution in [-0.2, 0) is 0 Å². The molecular weight excluding hydrogens is 176 g/mol. The predicted octanol–water partition coefficient (Wildman–Crippen LogP) is 2.22. The van der Waals surface area contributed by atoms with Crippen molar-refractivity contribution < 1.29 is 4.74 Å². The highest BCUT2D eigenvalue weighted by Crippen LogP contribution is 2.27. The minimum Gasteiger partial charge on any atom is -0.494 e. The van der Waals surface area contributed by atoms with Gasteiger partial charge < -0.3 is 9.72 Å². The van der Waals surface area contributed by atoms with Gasteiger partial charge >= 0.3 is 0 Å². The van der Waals surface area contributed by atoms with Gasteiger partial charge in [-0.15, -0.1) is 0 Å². The van der Waals surface area contributed by atoms with Crippen molar-refractivity contribution in [2.45, 2.75) is 0 Å².